The van der Waals surface area contributed by atoms with Gasteiger partial charge in [-0.25, -0.2) is 4.79 Å². The summed E-state index contributed by atoms with van der Waals surface area (Å²) in [7, 11) is 0. The molecule has 1 aromatic carbocycles. The molecule has 1 aliphatic heterocycles. The van der Waals surface area contributed by atoms with Crippen LogP contribution in [0.4, 0.5) is 16.2 Å². The van der Waals surface area contributed by atoms with E-state index < -0.39 is 6.03 Å². The Hall–Kier alpha value is -2.08. The van der Waals surface area contributed by atoms with Gasteiger partial charge in [-0.1, -0.05) is 12.8 Å². The molecule has 3 rings (SSSR count). The van der Waals surface area contributed by atoms with Crippen LogP contribution >= 0.6 is 0 Å². The molecule has 0 spiro atoms. The van der Waals surface area contributed by atoms with Crippen molar-refractivity contribution in [3.05, 3.63) is 24.3 Å². The second-order valence-electron chi connectivity index (χ2n) is 6.25. The molecule has 1 aliphatic carbocycles. The largest absolute Gasteiger partial charge is 0.351 e. The fourth-order valence-corrected chi connectivity index (χ4v) is 3.73. The zero-order valence-electron chi connectivity index (χ0n) is 12.5. The van der Waals surface area contributed by atoms with E-state index in [0.29, 0.717) is 11.6 Å². The molecule has 118 valence electrons. The standard InChI is InChI=1S/C16H22N4O2/c17-15(22)20-13-6-4-12(5-7-13)19-14(21)16-8-2-1-3-11(16)9-18-10-16/h4-7,11,18H,1-3,8-10H2,(H,19,21)(H3,17,20,22)/t11-,16+/m0/s1. The summed E-state index contributed by atoms with van der Waals surface area (Å²) < 4.78 is 0. The topological polar surface area (TPSA) is 96.2 Å². The molecule has 6 heteroatoms. The molecule has 22 heavy (non-hydrogen) atoms. The highest BCUT2D eigenvalue weighted by Gasteiger charge is 2.49. The van der Waals surface area contributed by atoms with E-state index >= 15 is 0 Å². The molecule has 1 saturated carbocycles. The van der Waals surface area contributed by atoms with Crippen molar-refractivity contribution in [2.75, 3.05) is 23.7 Å². The van der Waals surface area contributed by atoms with Gasteiger partial charge in [0.05, 0.1) is 5.41 Å². The first-order chi connectivity index (χ1) is 10.6. The summed E-state index contributed by atoms with van der Waals surface area (Å²) in [5.41, 5.74) is 6.16. The quantitative estimate of drug-likeness (QED) is 0.686. The number of nitrogens with one attached hydrogen (secondary N) is 3. The van der Waals surface area contributed by atoms with Gasteiger partial charge in [0.2, 0.25) is 5.91 Å². The molecule has 3 amide bonds. The lowest BCUT2D eigenvalue weighted by atomic mass is 9.67. The fourth-order valence-electron chi connectivity index (χ4n) is 3.73. The summed E-state index contributed by atoms with van der Waals surface area (Å²) in [4.78, 5) is 23.6. The van der Waals surface area contributed by atoms with Gasteiger partial charge >= 0.3 is 6.03 Å². The minimum Gasteiger partial charge on any atom is -0.351 e. The Balaban J connectivity index is 1.69. The Morgan fingerprint density at radius 3 is 2.50 bits per heavy atom. The van der Waals surface area contributed by atoms with Crippen LogP contribution in [0.5, 0.6) is 0 Å². The monoisotopic (exact) mass is 302 g/mol. The van der Waals surface area contributed by atoms with Crippen molar-refractivity contribution in [1.29, 1.82) is 0 Å². The number of nitrogens with two attached hydrogens (primary N) is 1. The van der Waals surface area contributed by atoms with E-state index in [1.54, 1.807) is 24.3 Å². The Bertz CT molecular complexity index is 572. The zero-order valence-corrected chi connectivity index (χ0v) is 12.5. The Kier molecular flexibility index (Phi) is 4.02. The maximum absolute atomic E-state index is 12.8. The first kappa shape index (κ1) is 14.8. The molecular weight excluding hydrogens is 280 g/mol. The maximum Gasteiger partial charge on any atom is 0.316 e. The summed E-state index contributed by atoms with van der Waals surface area (Å²) in [6.45, 7) is 1.71. The van der Waals surface area contributed by atoms with E-state index in [4.69, 9.17) is 5.73 Å². The molecule has 0 radical (unpaired) electrons. The highest BCUT2D eigenvalue weighted by Crippen LogP contribution is 2.44. The predicted molar refractivity (Wildman–Crippen MR) is 85.5 cm³/mol. The SMILES string of the molecule is NC(=O)Nc1ccc(NC(=O)[C@@]23CCCC[C@H]2CNC3)cc1. The van der Waals surface area contributed by atoms with E-state index in [1.807, 2.05) is 0 Å². The lowest BCUT2D eigenvalue weighted by Gasteiger charge is -2.37. The molecule has 1 saturated heterocycles. The van der Waals surface area contributed by atoms with E-state index in [2.05, 4.69) is 16.0 Å². The van der Waals surface area contributed by atoms with Gasteiger partial charge in [-0.2, -0.15) is 0 Å². The number of hydrogen-bond donors (Lipinski definition) is 4. The molecule has 1 heterocycles. The number of fused-ring (bicyclic) bond motifs is 1. The first-order valence-electron chi connectivity index (χ1n) is 7.79. The third-order valence-electron chi connectivity index (χ3n) is 4.90. The number of rotatable bonds is 3. The molecule has 2 aliphatic rings. The van der Waals surface area contributed by atoms with E-state index in [1.165, 1.54) is 6.42 Å². The smallest absolute Gasteiger partial charge is 0.316 e. The summed E-state index contributed by atoms with van der Waals surface area (Å²) in [5, 5.41) is 8.91. The molecule has 2 atom stereocenters. The highest BCUT2D eigenvalue weighted by molar-refractivity contribution is 5.96. The van der Waals surface area contributed by atoms with Crippen molar-refractivity contribution in [1.82, 2.24) is 5.32 Å². The van der Waals surface area contributed by atoms with Crippen LogP contribution < -0.4 is 21.7 Å². The van der Waals surface area contributed by atoms with Crippen LogP contribution in [-0.4, -0.2) is 25.0 Å². The van der Waals surface area contributed by atoms with Crippen molar-refractivity contribution in [3.8, 4) is 0 Å². The molecule has 0 bridgehead atoms. The third-order valence-corrected chi connectivity index (χ3v) is 4.90. The van der Waals surface area contributed by atoms with Crippen molar-refractivity contribution < 1.29 is 9.59 Å². The Morgan fingerprint density at radius 1 is 1.14 bits per heavy atom. The Morgan fingerprint density at radius 2 is 1.82 bits per heavy atom. The van der Waals surface area contributed by atoms with Gasteiger partial charge in [-0.15, -0.1) is 0 Å². The molecule has 1 aromatic rings. The third kappa shape index (κ3) is 2.78. The van der Waals surface area contributed by atoms with Crippen LogP contribution in [0.2, 0.25) is 0 Å². The van der Waals surface area contributed by atoms with Gasteiger partial charge in [0.1, 0.15) is 0 Å². The Labute approximate surface area is 129 Å². The van der Waals surface area contributed by atoms with Crippen LogP contribution in [0, 0.1) is 11.3 Å². The maximum atomic E-state index is 12.8. The average Bonchev–Trinajstić information content (AvgIpc) is 2.94. The number of amides is 3. The van der Waals surface area contributed by atoms with Crippen LogP contribution in [0.25, 0.3) is 0 Å². The molecule has 0 aromatic heterocycles. The lowest BCUT2D eigenvalue weighted by Crippen LogP contribution is -2.44. The number of carbonyl (C=O) groups excluding carboxylic acids is 2. The van der Waals surface area contributed by atoms with Gasteiger partial charge in [-0.3, -0.25) is 4.79 Å². The molecule has 0 unspecified atom stereocenters. The minimum absolute atomic E-state index is 0.109. The zero-order chi connectivity index (χ0) is 15.6. The molecule has 5 N–H and O–H groups in total. The summed E-state index contributed by atoms with van der Waals surface area (Å²) in [5.74, 6) is 0.551. The minimum atomic E-state index is -0.599. The van der Waals surface area contributed by atoms with E-state index in [9.17, 15) is 9.59 Å². The van der Waals surface area contributed by atoms with Crippen LogP contribution in [0.1, 0.15) is 25.7 Å². The molecular formula is C16H22N4O2. The van der Waals surface area contributed by atoms with Crippen LogP contribution in [0.15, 0.2) is 24.3 Å². The number of carbonyl (C=O) groups is 2. The van der Waals surface area contributed by atoms with Crippen LogP contribution in [-0.2, 0) is 4.79 Å². The van der Waals surface area contributed by atoms with Crippen molar-refractivity contribution in [2.24, 2.45) is 17.1 Å². The predicted octanol–water partition coefficient (Wildman–Crippen LogP) is 1.90. The van der Waals surface area contributed by atoms with Crippen LogP contribution in [0.3, 0.4) is 0 Å². The fraction of sp³-hybridized carbons (Fsp3) is 0.500. The molecule has 2 fully saturated rings. The second kappa shape index (κ2) is 5.96. The van der Waals surface area contributed by atoms with Gasteiger partial charge in [0.25, 0.3) is 0 Å². The first-order valence-corrected chi connectivity index (χ1v) is 7.79. The van der Waals surface area contributed by atoms with Crippen molar-refractivity contribution in [2.45, 2.75) is 25.7 Å². The summed E-state index contributed by atoms with van der Waals surface area (Å²) in [6.07, 6.45) is 4.42. The summed E-state index contributed by atoms with van der Waals surface area (Å²) in [6, 6.07) is 6.41. The van der Waals surface area contributed by atoms with Gasteiger partial charge < -0.3 is 21.7 Å². The van der Waals surface area contributed by atoms with E-state index in [-0.39, 0.29) is 11.3 Å². The highest BCUT2D eigenvalue weighted by atomic mass is 16.2. The lowest BCUT2D eigenvalue weighted by molar-refractivity contribution is -0.128. The van der Waals surface area contributed by atoms with E-state index in [0.717, 1.165) is 38.0 Å². The second-order valence-corrected chi connectivity index (χ2v) is 6.25. The number of primary amides is 1. The van der Waals surface area contributed by atoms with Gasteiger partial charge in [0.15, 0.2) is 0 Å². The van der Waals surface area contributed by atoms with Gasteiger partial charge in [0, 0.05) is 17.9 Å². The average molecular weight is 302 g/mol. The summed E-state index contributed by atoms with van der Waals surface area (Å²) >= 11 is 0. The molecule has 6 nitrogen and oxygen atoms in total. The number of anilines is 2. The number of hydrogen-bond acceptors (Lipinski definition) is 3. The van der Waals surface area contributed by atoms with Crippen molar-refractivity contribution in [3.63, 3.8) is 0 Å². The number of benzene rings is 1. The van der Waals surface area contributed by atoms with Crippen molar-refractivity contribution >= 4 is 23.3 Å². The number of urea groups is 1. The van der Waals surface area contributed by atoms with Gasteiger partial charge in [-0.05, 0) is 49.6 Å². The normalized spacial score (nSPS) is 27.0.